The Kier molecular flexibility index (Phi) is 8.94. The van der Waals surface area contributed by atoms with Gasteiger partial charge in [0, 0.05) is 62.0 Å². The van der Waals surface area contributed by atoms with Crippen molar-refractivity contribution in [2.75, 3.05) is 46.9 Å². The van der Waals surface area contributed by atoms with E-state index in [-0.39, 0.29) is 23.4 Å². The summed E-state index contributed by atoms with van der Waals surface area (Å²) in [5.74, 6) is -0.0832. The number of piperidine rings is 2. The van der Waals surface area contributed by atoms with E-state index in [1.54, 1.807) is 13.2 Å². The predicted molar refractivity (Wildman–Crippen MR) is 166 cm³/mol. The highest BCUT2D eigenvalue weighted by molar-refractivity contribution is 5.97. The summed E-state index contributed by atoms with van der Waals surface area (Å²) < 4.78 is 34.3. The van der Waals surface area contributed by atoms with Crippen LogP contribution < -0.4 is 10.1 Å². The molecular formula is C35H44F2N4O3. The van der Waals surface area contributed by atoms with Gasteiger partial charge in [0.15, 0.2) is 0 Å². The Balaban J connectivity index is 1.17. The zero-order valence-corrected chi connectivity index (χ0v) is 25.9. The van der Waals surface area contributed by atoms with Crippen molar-refractivity contribution in [1.82, 2.24) is 20.0 Å². The Morgan fingerprint density at radius 1 is 1.07 bits per heavy atom. The molecule has 3 aliphatic heterocycles. The molecule has 3 fully saturated rings. The van der Waals surface area contributed by atoms with Crippen LogP contribution in [-0.4, -0.2) is 79.6 Å². The van der Waals surface area contributed by atoms with Crippen LogP contribution in [0.4, 0.5) is 13.6 Å². The monoisotopic (exact) mass is 606 g/mol. The number of amides is 3. The number of carbonyl (C=O) groups is 2. The van der Waals surface area contributed by atoms with E-state index in [4.69, 9.17) is 4.74 Å². The van der Waals surface area contributed by atoms with Crippen LogP contribution in [0.2, 0.25) is 0 Å². The first-order valence-corrected chi connectivity index (χ1v) is 16.1. The van der Waals surface area contributed by atoms with Gasteiger partial charge in [0.25, 0.3) is 0 Å². The molecule has 2 aromatic carbocycles. The fourth-order valence-electron chi connectivity index (χ4n) is 8.25. The zero-order valence-electron chi connectivity index (χ0n) is 25.9. The van der Waals surface area contributed by atoms with Crippen molar-refractivity contribution in [2.45, 2.75) is 63.5 Å². The number of urea groups is 1. The van der Waals surface area contributed by atoms with Crippen LogP contribution in [0.25, 0.3) is 5.57 Å². The molecule has 1 spiro atoms. The number of para-hydroxylation sites is 1. The minimum absolute atomic E-state index is 0.0270. The number of likely N-dealkylation sites (tertiary alicyclic amines) is 2. The normalized spacial score (nSPS) is 25.4. The van der Waals surface area contributed by atoms with Gasteiger partial charge in [0.05, 0.1) is 13.2 Å². The Morgan fingerprint density at radius 3 is 2.59 bits per heavy atom. The molecule has 4 aliphatic rings. The van der Waals surface area contributed by atoms with Gasteiger partial charge < -0.3 is 24.8 Å². The highest BCUT2D eigenvalue weighted by atomic mass is 19.1. The summed E-state index contributed by atoms with van der Waals surface area (Å²) in [5, 5.41) is 3.29. The second-order valence-corrected chi connectivity index (χ2v) is 13.0. The quantitative estimate of drug-likeness (QED) is 0.437. The summed E-state index contributed by atoms with van der Waals surface area (Å²) in [6.45, 7) is 3.16. The second-order valence-electron chi connectivity index (χ2n) is 13.0. The maximum atomic E-state index is 15.0. The van der Waals surface area contributed by atoms with Crippen LogP contribution >= 0.6 is 0 Å². The molecule has 0 aromatic heterocycles. The average molecular weight is 607 g/mol. The van der Waals surface area contributed by atoms with E-state index in [1.807, 2.05) is 46.0 Å². The first kappa shape index (κ1) is 30.6. The molecule has 3 amide bonds. The van der Waals surface area contributed by atoms with E-state index in [9.17, 15) is 18.4 Å². The molecular weight excluding hydrogens is 562 g/mol. The second kappa shape index (κ2) is 12.9. The molecule has 0 bridgehead atoms. The molecule has 3 heterocycles. The summed E-state index contributed by atoms with van der Waals surface area (Å²) in [6.07, 6.45) is 9.08. The Bertz CT molecular complexity index is 1410. The maximum absolute atomic E-state index is 15.0. The van der Waals surface area contributed by atoms with Crippen LogP contribution in [0, 0.1) is 23.0 Å². The molecule has 0 radical (unpaired) electrons. The van der Waals surface area contributed by atoms with Gasteiger partial charge in [0.1, 0.15) is 17.4 Å². The molecule has 0 unspecified atom stereocenters. The van der Waals surface area contributed by atoms with E-state index in [2.05, 4.69) is 5.32 Å². The number of nitrogens with one attached hydrogen (secondary N) is 1. The number of carbonyl (C=O) groups excluding carboxylic acids is 2. The Labute approximate surface area is 259 Å². The van der Waals surface area contributed by atoms with Crippen molar-refractivity contribution in [3.63, 3.8) is 0 Å². The summed E-state index contributed by atoms with van der Waals surface area (Å²) in [4.78, 5) is 33.3. The van der Waals surface area contributed by atoms with Crippen molar-refractivity contribution >= 4 is 17.5 Å². The van der Waals surface area contributed by atoms with Crippen LogP contribution in [0.1, 0.15) is 68.5 Å². The SMILES string of the molecule is CN[C@@H]1CCN(C(=O)N2CC[C@@H](CN3CCC(c4ccccc4OC)=CC3=O)C3(CCCC3)C2)[C@H](c2ccc(F)cc2F)C1. The smallest absolute Gasteiger partial charge is 0.320 e. The van der Waals surface area contributed by atoms with Crippen molar-refractivity contribution in [3.05, 3.63) is 71.3 Å². The van der Waals surface area contributed by atoms with Crippen molar-refractivity contribution in [2.24, 2.45) is 11.3 Å². The lowest BCUT2D eigenvalue weighted by atomic mass is 9.69. The molecule has 44 heavy (non-hydrogen) atoms. The molecule has 3 atom stereocenters. The third kappa shape index (κ3) is 5.95. The number of halogens is 2. The Hall–Kier alpha value is -3.46. The van der Waals surface area contributed by atoms with Gasteiger partial charge in [-0.25, -0.2) is 13.6 Å². The predicted octanol–water partition coefficient (Wildman–Crippen LogP) is 6.02. The lowest BCUT2D eigenvalue weighted by molar-refractivity contribution is -0.128. The van der Waals surface area contributed by atoms with Gasteiger partial charge in [-0.15, -0.1) is 0 Å². The first-order valence-electron chi connectivity index (χ1n) is 16.1. The standard InChI is InChI=1S/C35H44F2N4O3/c1-38-27-13-18-41(31(21-27)29-10-9-26(36)20-30(29)37)34(43)40-17-12-25(35(23-40)14-5-6-15-35)22-39-16-11-24(19-33(39)42)28-7-3-4-8-32(28)44-2/h3-4,7-10,19-20,25,27,31,38H,5-6,11-18,21-23H2,1-2H3/t25-,27+,31-/m0/s1. The molecule has 7 nitrogen and oxygen atoms in total. The van der Waals surface area contributed by atoms with Gasteiger partial charge in [-0.2, -0.15) is 0 Å². The number of nitrogens with zero attached hydrogens (tertiary/aromatic N) is 3. The van der Waals surface area contributed by atoms with Crippen LogP contribution in [0.5, 0.6) is 5.75 Å². The lowest BCUT2D eigenvalue weighted by Gasteiger charge is -2.50. The number of rotatable bonds is 6. The van der Waals surface area contributed by atoms with Gasteiger partial charge >= 0.3 is 6.03 Å². The van der Waals surface area contributed by atoms with Gasteiger partial charge in [-0.05, 0) is 74.6 Å². The number of benzene rings is 2. The fraction of sp³-hybridized carbons (Fsp3) is 0.543. The van der Waals surface area contributed by atoms with Crippen molar-refractivity contribution in [1.29, 1.82) is 0 Å². The lowest BCUT2D eigenvalue weighted by Crippen LogP contribution is -2.57. The summed E-state index contributed by atoms with van der Waals surface area (Å²) in [5.41, 5.74) is 2.32. The molecule has 1 N–H and O–H groups in total. The molecule has 1 saturated carbocycles. The summed E-state index contributed by atoms with van der Waals surface area (Å²) in [7, 11) is 3.54. The zero-order chi connectivity index (χ0) is 30.8. The van der Waals surface area contributed by atoms with E-state index in [0.717, 1.165) is 67.9 Å². The number of ether oxygens (including phenoxy) is 1. The minimum Gasteiger partial charge on any atom is -0.496 e. The van der Waals surface area contributed by atoms with E-state index in [1.165, 1.54) is 12.1 Å². The van der Waals surface area contributed by atoms with Crippen molar-refractivity contribution < 1.29 is 23.1 Å². The van der Waals surface area contributed by atoms with Gasteiger partial charge in [-0.1, -0.05) is 37.1 Å². The highest BCUT2D eigenvalue weighted by Crippen LogP contribution is 2.49. The van der Waals surface area contributed by atoms with Crippen LogP contribution in [0.15, 0.2) is 48.5 Å². The molecule has 1 aliphatic carbocycles. The van der Waals surface area contributed by atoms with Gasteiger partial charge in [0.2, 0.25) is 5.91 Å². The third-order valence-corrected chi connectivity index (χ3v) is 10.7. The topological polar surface area (TPSA) is 65.1 Å². The van der Waals surface area contributed by atoms with Gasteiger partial charge in [-0.3, -0.25) is 4.79 Å². The molecule has 2 aromatic rings. The van der Waals surface area contributed by atoms with E-state index < -0.39 is 17.7 Å². The summed E-state index contributed by atoms with van der Waals surface area (Å²) >= 11 is 0. The average Bonchev–Trinajstić information content (AvgIpc) is 3.50. The largest absolute Gasteiger partial charge is 0.496 e. The maximum Gasteiger partial charge on any atom is 0.320 e. The Morgan fingerprint density at radius 2 is 1.86 bits per heavy atom. The molecule has 6 rings (SSSR count). The third-order valence-electron chi connectivity index (χ3n) is 10.7. The molecule has 236 valence electrons. The molecule has 2 saturated heterocycles. The van der Waals surface area contributed by atoms with Crippen LogP contribution in [-0.2, 0) is 4.79 Å². The highest BCUT2D eigenvalue weighted by Gasteiger charge is 2.48. The minimum atomic E-state index is -0.617. The van der Waals surface area contributed by atoms with Crippen LogP contribution in [0.3, 0.4) is 0 Å². The number of hydrogen-bond acceptors (Lipinski definition) is 4. The number of hydrogen-bond donors (Lipinski definition) is 1. The first-order chi connectivity index (χ1) is 21.3. The molecule has 9 heteroatoms. The fourth-order valence-corrected chi connectivity index (χ4v) is 8.25. The summed E-state index contributed by atoms with van der Waals surface area (Å²) in [6, 6.07) is 11.1. The van der Waals surface area contributed by atoms with E-state index >= 15 is 0 Å². The number of methoxy groups -OCH3 is 1. The van der Waals surface area contributed by atoms with Crippen molar-refractivity contribution in [3.8, 4) is 5.75 Å². The van der Waals surface area contributed by atoms with E-state index in [0.29, 0.717) is 50.6 Å².